The first-order valence-electron chi connectivity index (χ1n) is 7.44. The van der Waals surface area contributed by atoms with Gasteiger partial charge in [-0.15, -0.1) is 0 Å². The Morgan fingerprint density at radius 2 is 1.79 bits per heavy atom. The van der Waals surface area contributed by atoms with Crippen LogP contribution in [0.5, 0.6) is 0 Å². The maximum atomic E-state index is 12.5. The molecule has 0 radical (unpaired) electrons. The van der Waals surface area contributed by atoms with Gasteiger partial charge in [0.15, 0.2) is 0 Å². The van der Waals surface area contributed by atoms with Crippen molar-refractivity contribution in [2.24, 2.45) is 0 Å². The molecule has 0 aliphatic carbocycles. The van der Waals surface area contributed by atoms with E-state index in [2.05, 4.69) is 4.72 Å². The molecule has 1 aliphatic heterocycles. The molecule has 0 bridgehead atoms. The number of nitrogens with one attached hydrogen (secondary N) is 1. The van der Waals surface area contributed by atoms with Gasteiger partial charge < -0.3 is 4.90 Å². The van der Waals surface area contributed by atoms with Crippen LogP contribution in [0.3, 0.4) is 0 Å². The molecule has 2 aromatic rings. The number of amides is 1. The van der Waals surface area contributed by atoms with Gasteiger partial charge in [0.05, 0.1) is 16.1 Å². The Morgan fingerprint density at radius 1 is 1.08 bits per heavy atom. The van der Waals surface area contributed by atoms with Crippen molar-refractivity contribution in [3.8, 4) is 6.07 Å². The summed E-state index contributed by atoms with van der Waals surface area (Å²) in [5, 5.41) is 9.05. The van der Waals surface area contributed by atoms with Gasteiger partial charge in [-0.3, -0.25) is 9.52 Å². The Morgan fingerprint density at radius 3 is 2.42 bits per heavy atom. The van der Waals surface area contributed by atoms with Crippen molar-refractivity contribution in [1.29, 1.82) is 5.26 Å². The first-order chi connectivity index (χ1) is 11.5. The van der Waals surface area contributed by atoms with Crippen molar-refractivity contribution in [3.05, 3.63) is 54.1 Å². The maximum absolute atomic E-state index is 12.5. The molecule has 6 nitrogen and oxygen atoms in total. The fourth-order valence-corrected chi connectivity index (χ4v) is 3.68. The Balaban J connectivity index is 1.85. The van der Waals surface area contributed by atoms with Gasteiger partial charge in [-0.1, -0.05) is 12.1 Å². The number of sulfonamides is 1. The van der Waals surface area contributed by atoms with E-state index in [-0.39, 0.29) is 22.1 Å². The van der Waals surface area contributed by atoms with Gasteiger partial charge in [0, 0.05) is 18.7 Å². The molecule has 1 aliphatic rings. The number of para-hydroxylation sites is 1. The molecule has 122 valence electrons. The summed E-state index contributed by atoms with van der Waals surface area (Å²) in [6, 6.07) is 14.5. The van der Waals surface area contributed by atoms with Gasteiger partial charge in [-0.25, -0.2) is 8.42 Å². The third-order valence-corrected chi connectivity index (χ3v) is 5.21. The van der Waals surface area contributed by atoms with Crippen LogP contribution < -0.4 is 9.62 Å². The van der Waals surface area contributed by atoms with Crippen LogP contribution in [-0.4, -0.2) is 20.9 Å². The lowest BCUT2D eigenvalue weighted by molar-refractivity contribution is -0.117. The summed E-state index contributed by atoms with van der Waals surface area (Å²) in [4.78, 5) is 13.5. The zero-order chi connectivity index (χ0) is 17.2. The molecule has 0 aromatic heterocycles. The summed E-state index contributed by atoms with van der Waals surface area (Å²) in [6.45, 7) is 0.652. The molecule has 0 saturated carbocycles. The minimum Gasteiger partial charge on any atom is -0.312 e. The molecule has 1 N–H and O–H groups in total. The molecular formula is C17H15N3O3S. The number of nitrogens with zero attached hydrogens (tertiary/aromatic N) is 2. The lowest BCUT2D eigenvalue weighted by atomic mass is 10.2. The zero-order valence-corrected chi connectivity index (χ0v) is 13.6. The zero-order valence-electron chi connectivity index (χ0n) is 12.8. The summed E-state index contributed by atoms with van der Waals surface area (Å²) in [6.07, 6.45) is 1.33. The van der Waals surface area contributed by atoms with E-state index in [1.807, 2.05) is 6.07 Å². The second-order valence-corrected chi connectivity index (χ2v) is 7.09. The molecule has 1 saturated heterocycles. The molecule has 1 heterocycles. The topological polar surface area (TPSA) is 90.3 Å². The molecule has 0 spiro atoms. The van der Waals surface area contributed by atoms with Crippen LogP contribution in [0.15, 0.2) is 53.4 Å². The van der Waals surface area contributed by atoms with Gasteiger partial charge in [0.2, 0.25) is 5.91 Å². The monoisotopic (exact) mass is 341 g/mol. The van der Waals surface area contributed by atoms with E-state index >= 15 is 0 Å². The fraction of sp³-hybridized carbons (Fsp3) is 0.176. The second-order valence-electron chi connectivity index (χ2n) is 5.41. The van der Waals surface area contributed by atoms with E-state index in [1.54, 1.807) is 35.2 Å². The Kier molecular flexibility index (Phi) is 4.23. The molecule has 24 heavy (non-hydrogen) atoms. The van der Waals surface area contributed by atoms with Gasteiger partial charge in [-0.2, -0.15) is 5.26 Å². The van der Waals surface area contributed by atoms with Crippen molar-refractivity contribution >= 4 is 27.3 Å². The Bertz CT molecular complexity index is 915. The number of carbonyl (C=O) groups excluding carboxylic acids is 1. The third-order valence-electron chi connectivity index (χ3n) is 3.82. The lowest BCUT2D eigenvalue weighted by Crippen LogP contribution is -2.23. The third kappa shape index (κ3) is 3.09. The van der Waals surface area contributed by atoms with Gasteiger partial charge >= 0.3 is 0 Å². The van der Waals surface area contributed by atoms with Crippen LogP contribution in [0.1, 0.15) is 18.4 Å². The summed E-state index contributed by atoms with van der Waals surface area (Å²) >= 11 is 0. The van der Waals surface area contributed by atoms with Crippen molar-refractivity contribution in [2.45, 2.75) is 17.7 Å². The normalized spacial score (nSPS) is 14.5. The standard InChI is InChI=1S/C17H15N3O3S/c18-12-13-4-1-2-5-16(13)19-24(22,23)15-9-7-14(8-10-15)20-11-3-6-17(20)21/h1-2,4-5,7-10,19H,3,6,11H2. The van der Waals surface area contributed by atoms with E-state index < -0.39 is 10.0 Å². The average molecular weight is 341 g/mol. The summed E-state index contributed by atoms with van der Waals surface area (Å²) in [5.41, 5.74) is 1.17. The predicted molar refractivity (Wildman–Crippen MR) is 90.0 cm³/mol. The average Bonchev–Trinajstić information content (AvgIpc) is 3.01. The van der Waals surface area contributed by atoms with Crippen LogP contribution in [0.2, 0.25) is 0 Å². The number of benzene rings is 2. The minimum atomic E-state index is -3.80. The Hall–Kier alpha value is -2.85. The van der Waals surface area contributed by atoms with Gasteiger partial charge in [0.1, 0.15) is 6.07 Å². The molecule has 1 amide bonds. The van der Waals surface area contributed by atoms with Crippen LogP contribution in [0.4, 0.5) is 11.4 Å². The van der Waals surface area contributed by atoms with Gasteiger partial charge in [-0.05, 0) is 42.8 Å². The number of hydrogen-bond donors (Lipinski definition) is 1. The highest BCUT2D eigenvalue weighted by atomic mass is 32.2. The van der Waals surface area contributed by atoms with E-state index in [4.69, 9.17) is 5.26 Å². The van der Waals surface area contributed by atoms with E-state index in [0.29, 0.717) is 18.7 Å². The number of hydrogen-bond acceptors (Lipinski definition) is 4. The van der Waals surface area contributed by atoms with E-state index in [9.17, 15) is 13.2 Å². The first kappa shape index (κ1) is 16.0. The summed E-state index contributed by atoms with van der Waals surface area (Å²) in [5.74, 6) is 0.0479. The van der Waals surface area contributed by atoms with Crippen molar-refractivity contribution in [2.75, 3.05) is 16.2 Å². The van der Waals surface area contributed by atoms with Crippen molar-refractivity contribution in [3.63, 3.8) is 0 Å². The highest BCUT2D eigenvalue weighted by molar-refractivity contribution is 7.92. The molecule has 0 atom stereocenters. The highest BCUT2D eigenvalue weighted by Crippen LogP contribution is 2.24. The van der Waals surface area contributed by atoms with Crippen LogP contribution in [-0.2, 0) is 14.8 Å². The van der Waals surface area contributed by atoms with E-state index in [1.165, 1.54) is 18.2 Å². The lowest BCUT2D eigenvalue weighted by Gasteiger charge is -2.16. The first-order valence-corrected chi connectivity index (χ1v) is 8.92. The molecule has 7 heteroatoms. The molecule has 3 rings (SSSR count). The molecule has 1 fully saturated rings. The number of carbonyl (C=O) groups is 1. The SMILES string of the molecule is N#Cc1ccccc1NS(=O)(=O)c1ccc(N2CCCC2=O)cc1. The highest BCUT2D eigenvalue weighted by Gasteiger charge is 2.22. The van der Waals surface area contributed by atoms with Crippen LogP contribution >= 0.6 is 0 Å². The number of anilines is 2. The summed E-state index contributed by atoms with van der Waals surface area (Å²) in [7, 11) is -3.80. The van der Waals surface area contributed by atoms with Crippen LogP contribution in [0, 0.1) is 11.3 Å². The molecule has 2 aromatic carbocycles. The van der Waals surface area contributed by atoms with Crippen molar-refractivity contribution in [1.82, 2.24) is 0 Å². The fourth-order valence-electron chi connectivity index (χ4n) is 2.60. The maximum Gasteiger partial charge on any atom is 0.261 e. The Labute approximate surface area is 140 Å². The summed E-state index contributed by atoms with van der Waals surface area (Å²) < 4.78 is 27.4. The van der Waals surface area contributed by atoms with E-state index in [0.717, 1.165) is 6.42 Å². The molecular weight excluding hydrogens is 326 g/mol. The minimum absolute atomic E-state index is 0.0479. The second kappa shape index (κ2) is 6.34. The van der Waals surface area contributed by atoms with Crippen molar-refractivity contribution < 1.29 is 13.2 Å². The molecule has 0 unspecified atom stereocenters. The largest absolute Gasteiger partial charge is 0.312 e. The quantitative estimate of drug-likeness (QED) is 0.925. The predicted octanol–water partition coefficient (Wildman–Crippen LogP) is 2.49. The number of rotatable bonds is 4. The van der Waals surface area contributed by atoms with Crippen LogP contribution in [0.25, 0.3) is 0 Å². The van der Waals surface area contributed by atoms with Gasteiger partial charge in [0.25, 0.3) is 10.0 Å². The number of nitriles is 1. The smallest absolute Gasteiger partial charge is 0.261 e.